The topological polar surface area (TPSA) is 49.4 Å². The summed E-state index contributed by atoms with van der Waals surface area (Å²) in [6.45, 7) is 3.40. The van der Waals surface area contributed by atoms with Gasteiger partial charge in [-0.25, -0.2) is 8.42 Å². The quantitative estimate of drug-likeness (QED) is 0.802. The predicted molar refractivity (Wildman–Crippen MR) is 69.9 cm³/mol. The Hall–Kier alpha value is -0.130. The fourth-order valence-corrected chi connectivity index (χ4v) is 4.41. The Morgan fingerprint density at radius 1 is 1.12 bits per heavy atom. The zero-order chi connectivity index (χ0) is 12.3. The van der Waals surface area contributed by atoms with E-state index in [-0.39, 0.29) is 0 Å². The average Bonchev–Trinajstić information content (AvgIpc) is 2.30. The summed E-state index contributed by atoms with van der Waals surface area (Å²) in [5.41, 5.74) is 0. The largest absolute Gasteiger partial charge is 0.317 e. The van der Waals surface area contributed by atoms with E-state index in [1.807, 2.05) is 0 Å². The molecule has 0 amide bonds. The van der Waals surface area contributed by atoms with Crippen molar-refractivity contribution in [1.29, 1.82) is 0 Å². The van der Waals surface area contributed by atoms with Crippen LogP contribution in [0.2, 0.25) is 0 Å². The lowest BCUT2D eigenvalue weighted by Crippen LogP contribution is -2.43. The molecule has 2 heterocycles. The lowest BCUT2D eigenvalue weighted by molar-refractivity contribution is 0.176. The highest BCUT2D eigenvalue weighted by atomic mass is 32.2. The Kier molecular flexibility index (Phi) is 4.44. The summed E-state index contributed by atoms with van der Waals surface area (Å²) in [6.07, 6.45) is 4.17. The molecule has 2 fully saturated rings. The van der Waals surface area contributed by atoms with Crippen LogP contribution in [0.4, 0.5) is 0 Å². The molecule has 0 aromatic carbocycles. The first-order valence-corrected chi connectivity index (χ1v) is 8.50. The maximum absolute atomic E-state index is 11.4. The molecular formula is C12H24N2O2S. The number of nitrogens with one attached hydrogen (secondary N) is 1. The molecule has 17 heavy (non-hydrogen) atoms. The second-order valence-corrected chi connectivity index (χ2v) is 7.82. The lowest BCUT2D eigenvalue weighted by atomic mass is 9.96. The van der Waals surface area contributed by atoms with Gasteiger partial charge in [-0.3, -0.25) is 0 Å². The zero-order valence-electron chi connectivity index (χ0n) is 10.7. The molecular weight excluding hydrogens is 236 g/mol. The van der Waals surface area contributed by atoms with Crippen LogP contribution < -0.4 is 5.32 Å². The standard InChI is InChI=1S/C12H24N2O2S/c1-14(10-11-2-6-13-7-3-11)12-4-8-17(15,16)9-5-12/h11-13H,2-10H2,1H3. The molecule has 0 atom stereocenters. The third-order valence-corrected chi connectivity index (χ3v) is 5.87. The Labute approximate surface area is 105 Å². The summed E-state index contributed by atoms with van der Waals surface area (Å²) < 4.78 is 22.8. The maximum Gasteiger partial charge on any atom is 0.150 e. The van der Waals surface area contributed by atoms with Gasteiger partial charge in [0.15, 0.2) is 0 Å². The fourth-order valence-electron chi connectivity index (χ4n) is 2.94. The zero-order valence-corrected chi connectivity index (χ0v) is 11.5. The lowest BCUT2D eigenvalue weighted by Gasteiger charge is -2.34. The minimum atomic E-state index is -2.72. The van der Waals surface area contributed by atoms with E-state index in [1.165, 1.54) is 12.8 Å². The molecule has 4 nitrogen and oxygen atoms in total. The molecule has 0 bridgehead atoms. The van der Waals surface area contributed by atoms with Crippen LogP contribution in [0.3, 0.4) is 0 Å². The fraction of sp³-hybridized carbons (Fsp3) is 1.00. The van der Waals surface area contributed by atoms with Crippen LogP contribution in [0, 0.1) is 5.92 Å². The molecule has 2 saturated heterocycles. The second-order valence-electron chi connectivity index (χ2n) is 5.52. The number of hydrogen-bond donors (Lipinski definition) is 1. The van der Waals surface area contributed by atoms with E-state index in [1.54, 1.807) is 0 Å². The summed E-state index contributed by atoms with van der Waals surface area (Å²) in [5, 5.41) is 3.38. The van der Waals surface area contributed by atoms with Gasteiger partial charge in [-0.05, 0) is 51.7 Å². The van der Waals surface area contributed by atoms with Crippen molar-refractivity contribution in [2.24, 2.45) is 5.92 Å². The molecule has 0 aromatic rings. The molecule has 0 unspecified atom stereocenters. The molecule has 0 radical (unpaired) electrons. The molecule has 0 aromatic heterocycles. The maximum atomic E-state index is 11.4. The van der Waals surface area contributed by atoms with Crippen molar-refractivity contribution in [3.05, 3.63) is 0 Å². The number of rotatable bonds is 3. The third-order valence-electron chi connectivity index (χ3n) is 4.15. The first-order valence-electron chi connectivity index (χ1n) is 6.68. The molecule has 5 heteroatoms. The number of piperidine rings is 1. The molecule has 2 aliphatic rings. The third kappa shape index (κ3) is 3.93. The Morgan fingerprint density at radius 2 is 1.71 bits per heavy atom. The van der Waals surface area contributed by atoms with E-state index in [4.69, 9.17) is 0 Å². The highest BCUT2D eigenvalue weighted by Gasteiger charge is 2.27. The summed E-state index contributed by atoms with van der Waals surface area (Å²) >= 11 is 0. The van der Waals surface area contributed by atoms with Crippen LogP contribution in [0.1, 0.15) is 25.7 Å². The SMILES string of the molecule is CN(CC1CCNCC1)C1CCS(=O)(=O)CC1. The summed E-state index contributed by atoms with van der Waals surface area (Å²) in [6, 6.07) is 0.480. The molecule has 0 spiro atoms. The highest BCUT2D eigenvalue weighted by Crippen LogP contribution is 2.20. The van der Waals surface area contributed by atoms with E-state index < -0.39 is 9.84 Å². The van der Waals surface area contributed by atoms with Crippen molar-refractivity contribution >= 4 is 9.84 Å². The average molecular weight is 260 g/mol. The van der Waals surface area contributed by atoms with Crippen LogP contribution in [0.15, 0.2) is 0 Å². The van der Waals surface area contributed by atoms with E-state index in [0.29, 0.717) is 17.5 Å². The Morgan fingerprint density at radius 3 is 2.29 bits per heavy atom. The molecule has 1 N–H and O–H groups in total. The minimum Gasteiger partial charge on any atom is -0.317 e. The molecule has 0 saturated carbocycles. The van der Waals surface area contributed by atoms with Crippen molar-refractivity contribution in [2.45, 2.75) is 31.7 Å². The van der Waals surface area contributed by atoms with Gasteiger partial charge in [0, 0.05) is 12.6 Å². The Bertz CT molecular complexity index is 322. The van der Waals surface area contributed by atoms with Crippen LogP contribution in [0.5, 0.6) is 0 Å². The normalized spacial score (nSPS) is 27.4. The first kappa shape index (κ1) is 13.3. The second kappa shape index (κ2) is 5.67. The van der Waals surface area contributed by atoms with Gasteiger partial charge in [0.05, 0.1) is 11.5 Å². The van der Waals surface area contributed by atoms with Crippen molar-refractivity contribution < 1.29 is 8.42 Å². The van der Waals surface area contributed by atoms with E-state index in [0.717, 1.165) is 38.4 Å². The molecule has 2 aliphatic heterocycles. The summed E-state index contributed by atoms with van der Waals surface area (Å²) in [4.78, 5) is 2.39. The number of nitrogens with zero attached hydrogens (tertiary/aromatic N) is 1. The summed E-state index contributed by atoms with van der Waals surface area (Å²) in [7, 11) is -0.562. The minimum absolute atomic E-state index is 0.383. The van der Waals surface area contributed by atoms with Crippen LogP contribution in [-0.2, 0) is 9.84 Å². The van der Waals surface area contributed by atoms with Gasteiger partial charge in [-0.2, -0.15) is 0 Å². The van der Waals surface area contributed by atoms with Gasteiger partial charge in [0.25, 0.3) is 0 Å². The number of hydrogen-bond acceptors (Lipinski definition) is 4. The first-order chi connectivity index (χ1) is 8.07. The van der Waals surface area contributed by atoms with Gasteiger partial charge < -0.3 is 10.2 Å². The predicted octanol–water partition coefficient (Wildman–Crippen LogP) is 0.495. The number of sulfone groups is 1. The van der Waals surface area contributed by atoms with Crippen molar-refractivity contribution in [2.75, 3.05) is 38.2 Å². The van der Waals surface area contributed by atoms with E-state index >= 15 is 0 Å². The molecule has 0 aliphatic carbocycles. The van der Waals surface area contributed by atoms with Crippen LogP contribution in [0.25, 0.3) is 0 Å². The molecule has 100 valence electrons. The van der Waals surface area contributed by atoms with Crippen molar-refractivity contribution in [3.63, 3.8) is 0 Å². The van der Waals surface area contributed by atoms with Gasteiger partial charge in [0.1, 0.15) is 9.84 Å². The van der Waals surface area contributed by atoms with Gasteiger partial charge in [-0.1, -0.05) is 0 Å². The highest BCUT2D eigenvalue weighted by molar-refractivity contribution is 7.91. The van der Waals surface area contributed by atoms with Crippen LogP contribution >= 0.6 is 0 Å². The van der Waals surface area contributed by atoms with E-state index in [9.17, 15) is 8.42 Å². The van der Waals surface area contributed by atoms with Gasteiger partial charge in [0.2, 0.25) is 0 Å². The van der Waals surface area contributed by atoms with Crippen molar-refractivity contribution in [1.82, 2.24) is 10.2 Å². The molecule has 2 rings (SSSR count). The van der Waals surface area contributed by atoms with Crippen LogP contribution in [-0.4, -0.2) is 57.5 Å². The monoisotopic (exact) mass is 260 g/mol. The summed E-state index contributed by atoms with van der Waals surface area (Å²) in [5.74, 6) is 1.56. The smallest absolute Gasteiger partial charge is 0.150 e. The van der Waals surface area contributed by atoms with Gasteiger partial charge in [-0.15, -0.1) is 0 Å². The van der Waals surface area contributed by atoms with E-state index in [2.05, 4.69) is 17.3 Å². The van der Waals surface area contributed by atoms with Gasteiger partial charge >= 0.3 is 0 Å². The Balaban J connectivity index is 1.78. The van der Waals surface area contributed by atoms with Crippen molar-refractivity contribution in [3.8, 4) is 0 Å².